The molecule has 0 bridgehead atoms. The van der Waals surface area contributed by atoms with Gasteiger partial charge < -0.3 is 0 Å². The molecule has 0 saturated carbocycles. The number of nitrogens with zero attached hydrogens (tertiary/aromatic N) is 5. The first kappa shape index (κ1) is 12.1. The largest absolute Gasteiger partial charge is 0.236 e. The van der Waals surface area contributed by atoms with Gasteiger partial charge in [0.2, 0.25) is 5.16 Å². The Hall–Kier alpha value is -0.960. The maximum atomic E-state index is 5.84. The third kappa shape index (κ3) is 2.72. The molecule has 0 N–H and O–H groups in total. The van der Waals surface area contributed by atoms with Crippen LogP contribution in [0.4, 0.5) is 0 Å². The molecule has 0 saturated heterocycles. The maximum absolute atomic E-state index is 5.84. The smallest absolute Gasteiger partial charge is 0.216 e. The van der Waals surface area contributed by atoms with Gasteiger partial charge in [0.25, 0.3) is 0 Å². The summed E-state index contributed by atoms with van der Waals surface area (Å²) in [5.41, 5.74) is 0. The number of hydrogen-bond acceptors (Lipinski definition) is 7. The second kappa shape index (κ2) is 5.35. The van der Waals surface area contributed by atoms with E-state index in [-0.39, 0.29) is 0 Å². The number of halogens is 1. The first-order valence-electron chi connectivity index (χ1n) is 4.89. The van der Waals surface area contributed by atoms with Gasteiger partial charge in [-0.25, -0.2) is 9.67 Å². The van der Waals surface area contributed by atoms with Crippen LogP contribution in [0.25, 0.3) is 0 Å². The lowest BCUT2D eigenvalue weighted by molar-refractivity contribution is 0.608. The number of tetrazole rings is 1. The van der Waals surface area contributed by atoms with Crippen LogP contribution in [0, 0.1) is 0 Å². The number of thiophene rings is 1. The third-order valence-electron chi connectivity index (χ3n) is 2.02. The first-order chi connectivity index (χ1) is 8.81. The fraction of sp³-hybridized carbons (Fsp3) is 0.111. The van der Waals surface area contributed by atoms with Gasteiger partial charge in [0.15, 0.2) is 4.34 Å². The van der Waals surface area contributed by atoms with Gasteiger partial charge in [-0.3, -0.25) is 0 Å². The number of aromatic nitrogens is 5. The quantitative estimate of drug-likeness (QED) is 0.740. The van der Waals surface area contributed by atoms with Crippen molar-refractivity contribution in [1.29, 1.82) is 0 Å². The zero-order chi connectivity index (χ0) is 12.4. The highest BCUT2D eigenvalue weighted by molar-refractivity contribution is 8.00. The van der Waals surface area contributed by atoms with Crippen molar-refractivity contribution in [3.63, 3.8) is 0 Å². The zero-order valence-corrected chi connectivity index (χ0v) is 12.1. The second-order valence-electron chi connectivity index (χ2n) is 3.23. The van der Waals surface area contributed by atoms with Crippen molar-refractivity contribution in [2.75, 3.05) is 0 Å². The van der Waals surface area contributed by atoms with Crippen LogP contribution >= 0.6 is 46.0 Å². The molecule has 3 aromatic rings. The van der Waals surface area contributed by atoms with Crippen molar-refractivity contribution in [2.24, 2.45) is 0 Å². The van der Waals surface area contributed by atoms with Crippen LogP contribution in [0.3, 0.4) is 0 Å². The Morgan fingerprint density at radius 1 is 1.44 bits per heavy atom. The Kier molecular flexibility index (Phi) is 3.59. The van der Waals surface area contributed by atoms with E-state index in [0.29, 0.717) is 10.9 Å². The number of hydrogen-bond donors (Lipinski definition) is 0. The highest BCUT2D eigenvalue weighted by Gasteiger charge is 2.11. The summed E-state index contributed by atoms with van der Waals surface area (Å²) in [7, 11) is 0. The second-order valence-corrected chi connectivity index (χ2v) is 7.14. The van der Waals surface area contributed by atoms with Crippen LogP contribution in [-0.4, -0.2) is 25.2 Å². The summed E-state index contributed by atoms with van der Waals surface area (Å²) in [6.45, 7) is 0.673. The lowest BCUT2D eigenvalue weighted by atomic mass is 10.5. The van der Waals surface area contributed by atoms with Crippen LogP contribution in [0.5, 0.6) is 0 Å². The number of thiazole rings is 1. The van der Waals surface area contributed by atoms with Crippen LogP contribution in [-0.2, 0) is 6.54 Å². The van der Waals surface area contributed by atoms with E-state index in [1.54, 1.807) is 22.2 Å². The fourth-order valence-corrected chi connectivity index (χ4v) is 3.96. The molecule has 92 valence electrons. The molecule has 0 aromatic carbocycles. The molecule has 0 aliphatic heterocycles. The Balaban J connectivity index is 1.79. The Morgan fingerprint density at radius 3 is 3.11 bits per heavy atom. The van der Waals surface area contributed by atoms with Crippen LogP contribution < -0.4 is 0 Å². The standard InChI is InChI=1S/C9H6ClN5S3/c10-7-4-11-9(17-7)18-8-12-13-14-15(8)5-6-2-1-3-16-6/h1-4H,5H2. The summed E-state index contributed by atoms with van der Waals surface area (Å²) in [6, 6.07) is 4.07. The molecule has 0 aliphatic rings. The van der Waals surface area contributed by atoms with Crippen molar-refractivity contribution in [2.45, 2.75) is 16.0 Å². The summed E-state index contributed by atoms with van der Waals surface area (Å²) in [5.74, 6) is 0. The van der Waals surface area contributed by atoms with Crippen molar-refractivity contribution in [1.82, 2.24) is 25.2 Å². The minimum Gasteiger partial charge on any atom is -0.236 e. The molecule has 0 fully saturated rings. The molecule has 9 heteroatoms. The van der Waals surface area contributed by atoms with Crippen LogP contribution in [0.2, 0.25) is 4.34 Å². The van der Waals surface area contributed by atoms with E-state index in [0.717, 1.165) is 9.50 Å². The summed E-state index contributed by atoms with van der Waals surface area (Å²) in [5, 5.41) is 14.4. The van der Waals surface area contributed by atoms with E-state index in [2.05, 4.69) is 26.6 Å². The van der Waals surface area contributed by atoms with Crippen molar-refractivity contribution < 1.29 is 0 Å². The minimum atomic E-state index is 0.662. The molecule has 18 heavy (non-hydrogen) atoms. The average molecular weight is 316 g/mol. The molecule has 5 nitrogen and oxygen atoms in total. The van der Waals surface area contributed by atoms with E-state index in [4.69, 9.17) is 11.6 Å². The molecule has 3 heterocycles. The van der Waals surface area contributed by atoms with E-state index < -0.39 is 0 Å². The van der Waals surface area contributed by atoms with E-state index >= 15 is 0 Å². The molecule has 0 radical (unpaired) electrons. The average Bonchev–Trinajstić information content (AvgIpc) is 3.05. The minimum absolute atomic E-state index is 0.662. The normalized spacial score (nSPS) is 10.9. The van der Waals surface area contributed by atoms with Gasteiger partial charge in [0.1, 0.15) is 4.34 Å². The number of rotatable bonds is 4. The van der Waals surface area contributed by atoms with Gasteiger partial charge in [-0.1, -0.05) is 29.0 Å². The maximum Gasteiger partial charge on any atom is 0.216 e. The molecular weight excluding hydrogens is 310 g/mol. The molecular formula is C9H6ClN5S3. The third-order valence-corrected chi connectivity index (χ3v) is 5.05. The molecule has 0 atom stereocenters. The highest BCUT2D eigenvalue weighted by atomic mass is 35.5. The highest BCUT2D eigenvalue weighted by Crippen LogP contribution is 2.31. The molecule has 0 unspecified atom stereocenters. The monoisotopic (exact) mass is 315 g/mol. The van der Waals surface area contributed by atoms with Gasteiger partial charge in [-0.05, 0) is 33.6 Å². The Bertz CT molecular complexity index is 632. The van der Waals surface area contributed by atoms with Gasteiger partial charge in [-0.15, -0.1) is 16.4 Å². The Morgan fingerprint density at radius 2 is 2.39 bits per heavy atom. The van der Waals surface area contributed by atoms with E-state index in [1.165, 1.54) is 28.0 Å². The SMILES string of the molecule is Clc1cnc(Sc2nnnn2Cc2cccs2)s1. The summed E-state index contributed by atoms with van der Waals surface area (Å²) < 4.78 is 3.25. The van der Waals surface area contributed by atoms with Gasteiger partial charge >= 0.3 is 0 Å². The molecule has 0 spiro atoms. The topological polar surface area (TPSA) is 56.5 Å². The van der Waals surface area contributed by atoms with Crippen molar-refractivity contribution in [3.8, 4) is 0 Å². The zero-order valence-electron chi connectivity index (χ0n) is 8.86. The predicted molar refractivity (Wildman–Crippen MR) is 72.5 cm³/mol. The predicted octanol–water partition coefficient (Wildman–Crippen LogP) is 3.04. The molecule has 0 aliphatic carbocycles. The van der Waals surface area contributed by atoms with Crippen molar-refractivity contribution >= 4 is 46.0 Å². The molecule has 3 aromatic heterocycles. The van der Waals surface area contributed by atoms with E-state index in [1.807, 2.05) is 11.4 Å². The van der Waals surface area contributed by atoms with Gasteiger partial charge in [0.05, 0.1) is 12.7 Å². The fourth-order valence-electron chi connectivity index (χ4n) is 1.28. The first-order valence-corrected chi connectivity index (χ1v) is 7.78. The van der Waals surface area contributed by atoms with Crippen LogP contribution in [0.15, 0.2) is 33.2 Å². The molecule has 0 amide bonds. The molecule has 3 rings (SSSR count). The van der Waals surface area contributed by atoms with Gasteiger partial charge in [0, 0.05) is 4.88 Å². The summed E-state index contributed by atoms with van der Waals surface area (Å²) in [4.78, 5) is 5.38. The summed E-state index contributed by atoms with van der Waals surface area (Å²) >= 11 is 10.4. The Labute approximate surface area is 120 Å². The van der Waals surface area contributed by atoms with Crippen molar-refractivity contribution in [3.05, 3.63) is 32.9 Å². The lowest BCUT2D eigenvalue weighted by Gasteiger charge is -2.00. The summed E-state index contributed by atoms with van der Waals surface area (Å²) in [6.07, 6.45) is 1.63. The van der Waals surface area contributed by atoms with Gasteiger partial charge in [-0.2, -0.15) is 0 Å². The van der Waals surface area contributed by atoms with Crippen LogP contribution in [0.1, 0.15) is 4.88 Å². The lowest BCUT2D eigenvalue weighted by Crippen LogP contribution is -2.02. The van der Waals surface area contributed by atoms with E-state index in [9.17, 15) is 0 Å².